The fourth-order valence-electron chi connectivity index (χ4n) is 2.01. The minimum Gasteiger partial charge on any atom is -0.279 e. The molecule has 0 heterocycles. The Hall–Kier alpha value is -1.31. The van der Waals surface area contributed by atoms with Gasteiger partial charge in [-0.2, -0.15) is 5.10 Å². The number of nitrogens with zero attached hydrogens (tertiary/aromatic N) is 1. The van der Waals surface area contributed by atoms with Gasteiger partial charge in [-0.15, -0.1) is 0 Å². The monoisotopic (exact) mass is 202 g/mol. The predicted octanol–water partition coefficient (Wildman–Crippen LogP) is 3.66. The Morgan fingerprint density at radius 1 is 1.07 bits per heavy atom. The van der Waals surface area contributed by atoms with Crippen LogP contribution in [0.25, 0.3) is 0 Å². The van der Waals surface area contributed by atoms with Crippen LogP contribution in [0, 0.1) is 5.92 Å². The van der Waals surface area contributed by atoms with Gasteiger partial charge >= 0.3 is 0 Å². The molecule has 0 aliphatic heterocycles. The van der Waals surface area contributed by atoms with E-state index < -0.39 is 0 Å². The molecule has 1 saturated carbocycles. The number of benzene rings is 1. The van der Waals surface area contributed by atoms with E-state index in [-0.39, 0.29) is 0 Å². The highest BCUT2D eigenvalue weighted by Crippen LogP contribution is 2.21. The number of rotatable bonds is 3. The molecule has 2 heteroatoms. The van der Waals surface area contributed by atoms with Crippen LogP contribution >= 0.6 is 0 Å². The van der Waals surface area contributed by atoms with Crippen LogP contribution in [0.1, 0.15) is 32.1 Å². The van der Waals surface area contributed by atoms with Crippen molar-refractivity contribution in [1.29, 1.82) is 0 Å². The van der Waals surface area contributed by atoms with E-state index in [2.05, 4.69) is 16.7 Å². The van der Waals surface area contributed by atoms with Gasteiger partial charge in [-0.3, -0.25) is 5.43 Å². The molecule has 0 unspecified atom stereocenters. The first-order valence-electron chi connectivity index (χ1n) is 5.79. The summed E-state index contributed by atoms with van der Waals surface area (Å²) in [6.07, 6.45) is 8.81. The Bertz CT molecular complexity index is 300. The number of hydrogen-bond acceptors (Lipinski definition) is 2. The van der Waals surface area contributed by atoms with Gasteiger partial charge in [0.2, 0.25) is 0 Å². The number of hydrazone groups is 1. The maximum atomic E-state index is 4.29. The minimum atomic E-state index is 0.690. The molecule has 80 valence electrons. The van der Waals surface area contributed by atoms with Crippen molar-refractivity contribution in [1.82, 2.24) is 0 Å². The Kier molecular flexibility index (Phi) is 3.77. The molecule has 0 spiro atoms. The van der Waals surface area contributed by atoms with E-state index in [4.69, 9.17) is 0 Å². The van der Waals surface area contributed by atoms with E-state index in [0.29, 0.717) is 5.92 Å². The summed E-state index contributed by atoms with van der Waals surface area (Å²) < 4.78 is 0. The number of anilines is 1. The van der Waals surface area contributed by atoms with Crippen molar-refractivity contribution in [3.05, 3.63) is 30.3 Å². The lowest BCUT2D eigenvalue weighted by Crippen LogP contribution is -2.08. The van der Waals surface area contributed by atoms with Crippen molar-refractivity contribution in [3.8, 4) is 0 Å². The molecular formula is C13H18N2. The van der Waals surface area contributed by atoms with Crippen LogP contribution in [-0.2, 0) is 0 Å². The van der Waals surface area contributed by atoms with Crippen LogP contribution in [0.4, 0.5) is 5.69 Å². The van der Waals surface area contributed by atoms with E-state index >= 15 is 0 Å². The first kappa shape index (κ1) is 10.2. The topological polar surface area (TPSA) is 24.4 Å². The Balaban J connectivity index is 1.79. The molecule has 1 fully saturated rings. The average molecular weight is 202 g/mol. The molecule has 0 atom stereocenters. The van der Waals surface area contributed by atoms with Crippen LogP contribution in [0.15, 0.2) is 35.4 Å². The first-order valence-corrected chi connectivity index (χ1v) is 5.79. The number of para-hydroxylation sites is 1. The summed E-state index contributed by atoms with van der Waals surface area (Å²) >= 11 is 0. The zero-order valence-corrected chi connectivity index (χ0v) is 9.02. The second-order valence-corrected chi connectivity index (χ2v) is 4.15. The molecule has 1 aromatic rings. The third-order valence-electron chi connectivity index (χ3n) is 2.90. The lowest BCUT2D eigenvalue weighted by Gasteiger charge is -2.16. The van der Waals surface area contributed by atoms with Gasteiger partial charge < -0.3 is 0 Å². The molecule has 1 N–H and O–H groups in total. The molecule has 0 radical (unpaired) electrons. The van der Waals surface area contributed by atoms with Crippen molar-refractivity contribution in [2.45, 2.75) is 32.1 Å². The molecule has 0 saturated heterocycles. The van der Waals surface area contributed by atoms with Crippen molar-refractivity contribution in [3.63, 3.8) is 0 Å². The summed E-state index contributed by atoms with van der Waals surface area (Å²) in [5.74, 6) is 0.690. The molecular weight excluding hydrogens is 184 g/mol. The summed E-state index contributed by atoms with van der Waals surface area (Å²) in [6, 6.07) is 10.1. The van der Waals surface area contributed by atoms with Gasteiger partial charge in [-0.05, 0) is 30.9 Å². The van der Waals surface area contributed by atoms with Gasteiger partial charge in [0.1, 0.15) is 0 Å². The van der Waals surface area contributed by atoms with Crippen molar-refractivity contribution in [2.24, 2.45) is 11.0 Å². The smallest absolute Gasteiger partial charge is 0.0561 e. The molecule has 1 aliphatic rings. The molecule has 0 amide bonds. The standard InChI is InChI=1S/C13H18N2/c1-3-7-12(8-4-1)11-14-15-13-9-5-2-6-10-13/h2,5-6,9-12,15H,1,3-4,7-8H2/b14-11+. The van der Waals surface area contributed by atoms with Crippen LogP contribution in [-0.4, -0.2) is 6.21 Å². The zero-order valence-electron chi connectivity index (χ0n) is 9.02. The van der Waals surface area contributed by atoms with Crippen molar-refractivity contribution >= 4 is 11.9 Å². The van der Waals surface area contributed by atoms with Gasteiger partial charge in [0.25, 0.3) is 0 Å². The molecule has 1 aliphatic carbocycles. The van der Waals surface area contributed by atoms with E-state index in [1.54, 1.807) is 0 Å². The summed E-state index contributed by atoms with van der Waals surface area (Å²) in [7, 11) is 0. The second kappa shape index (κ2) is 5.54. The van der Waals surface area contributed by atoms with Crippen molar-refractivity contribution in [2.75, 3.05) is 5.43 Å². The summed E-state index contributed by atoms with van der Waals surface area (Å²) in [5.41, 5.74) is 4.12. The van der Waals surface area contributed by atoms with Gasteiger partial charge in [-0.1, -0.05) is 37.5 Å². The highest BCUT2D eigenvalue weighted by atomic mass is 15.3. The van der Waals surface area contributed by atoms with Gasteiger partial charge in [0, 0.05) is 6.21 Å². The molecule has 2 nitrogen and oxygen atoms in total. The number of nitrogens with one attached hydrogen (secondary N) is 1. The van der Waals surface area contributed by atoms with Crippen LogP contribution in [0.3, 0.4) is 0 Å². The molecule has 0 aromatic heterocycles. The third-order valence-corrected chi connectivity index (χ3v) is 2.90. The molecule has 1 aromatic carbocycles. The largest absolute Gasteiger partial charge is 0.279 e. The van der Waals surface area contributed by atoms with E-state index in [1.807, 2.05) is 30.3 Å². The average Bonchev–Trinajstić information content (AvgIpc) is 2.32. The third kappa shape index (κ3) is 3.39. The molecule has 0 bridgehead atoms. The zero-order chi connectivity index (χ0) is 10.3. The summed E-state index contributed by atoms with van der Waals surface area (Å²) in [4.78, 5) is 0. The lowest BCUT2D eigenvalue weighted by atomic mass is 9.90. The van der Waals surface area contributed by atoms with Gasteiger partial charge in [-0.25, -0.2) is 0 Å². The van der Waals surface area contributed by atoms with Crippen LogP contribution in [0.2, 0.25) is 0 Å². The van der Waals surface area contributed by atoms with E-state index in [1.165, 1.54) is 32.1 Å². The second-order valence-electron chi connectivity index (χ2n) is 4.15. The van der Waals surface area contributed by atoms with Gasteiger partial charge in [0.15, 0.2) is 0 Å². The van der Waals surface area contributed by atoms with E-state index in [9.17, 15) is 0 Å². The first-order chi connectivity index (χ1) is 7.45. The lowest BCUT2D eigenvalue weighted by molar-refractivity contribution is 0.445. The SMILES string of the molecule is C(=N\Nc1ccccc1)/C1CCCCC1. The minimum absolute atomic E-state index is 0.690. The maximum Gasteiger partial charge on any atom is 0.0561 e. The Morgan fingerprint density at radius 3 is 2.53 bits per heavy atom. The summed E-state index contributed by atoms with van der Waals surface area (Å²) in [5, 5.41) is 4.29. The van der Waals surface area contributed by atoms with Crippen molar-refractivity contribution < 1.29 is 0 Å². The molecule has 2 rings (SSSR count). The summed E-state index contributed by atoms with van der Waals surface area (Å²) in [6.45, 7) is 0. The fourth-order valence-corrected chi connectivity index (χ4v) is 2.01. The quantitative estimate of drug-likeness (QED) is 0.587. The normalized spacial score (nSPS) is 18.1. The fraction of sp³-hybridized carbons (Fsp3) is 0.462. The maximum absolute atomic E-state index is 4.29. The van der Waals surface area contributed by atoms with E-state index in [0.717, 1.165) is 5.69 Å². The Labute approximate surface area is 91.4 Å². The number of hydrogen-bond donors (Lipinski definition) is 1. The van der Waals surface area contributed by atoms with Crippen LogP contribution < -0.4 is 5.43 Å². The highest BCUT2D eigenvalue weighted by Gasteiger charge is 2.10. The Morgan fingerprint density at radius 2 is 1.80 bits per heavy atom. The van der Waals surface area contributed by atoms with Crippen LogP contribution in [0.5, 0.6) is 0 Å². The predicted molar refractivity (Wildman–Crippen MR) is 65.1 cm³/mol. The molecule has 15 heavy (non-hydrogen) atoms. The van der Waals surface area contributed by atoms with Gasteiger partial charge in [0.05, 0.1) is 5.69 Å². The highest BCUT2D eigenvalue weighted by molar-refractivity contribution is 5.62.